The van der Waals surface area contributed by atoms with Crippen LogP contribution in [0.5, 0.6) is 5.75 Å². The Morgan fingerprint density at radius 1 is 1.21 bits per heavy atom. The summed E-state index contributed by atoms with van der Waals surface area (Å²) >= 11 is 15.1. The molecule has 1 nitrogen and oxygen atoms in total. The predicted molar refractivity (Wildman–Crippen MR) is 79.4 cm³/mol. The Morgan fingerprint density at radius 3 is 2.68 bits per heavy atom. The molecule has 0 saturated carbocycles. The SMILES string of the molecule is Fc1cc(Br)ccc1COc1cccc(Cl)c1CCl. The van der Waals surface area contributed by atoms with Gasteiger partial charge in [-0.1, -0.05) is 39.7 Å². The summed E-state index contributed by atoms with van der Waals surface area (Å²) in [6.07, 6.45) is 0. The lowest BCUT2D eigenvalue weighted by Gasteiger charge is -2.11. The van der Waals surface area contributed by atoms with Crippen molar-refractivity contribution in [1.82, 2.24) is 0 Å². The first-order valence-electron chi connectivity index (χ1n) is 5.52. The van der Waals surface area contributed by atoms with Crippen molar-refractivity contribution in [3.05, 3.63) is 62.8 Å². The average molecular weight is 364 g/mol. The molecule has 2 aromatic rings. The molecule has 0 amide bonds. The highest BCUT2D eigenvalue weighted by atomic mass is 79.9. The van der Waals surface area contributed by atoms with Gasteiger partial charge in [0.15, 0.2) is 0 Å². The molecular weight excluding hydrogens is 354 g/mol. The minimum atomic E-state index is -0.316. The highest BCUT2D eigenvalue weighted by molar-refractivity contribution is 9.10. The van der Waals surface area contributed by atoms with Gasteiger partial charge < -0.3 is 4.74 Å². The molecule has 0 aliphatic rings. The van der Waals surface area contributed by atoms with Crippen LogP contribution in [-0.4, -0.2) is 0 Å². The van der Waals surface area contributed by atoms with Gasteiger partial charge in [0.05, 0.1) is 5.88 Å². The summed E-state index contributed by atoms with van der Waals surface area (Å²) < 4.78 is 19.9. The molecule has 2 aromatic carbocycles. The summed E-state index contributed by atoms with van der Waals surface area (Å²) in [5.41, 5.74) is 1.19. The van der Waals surface area contributed by atoms with E-state index in [1.165, 1.54) is 6.07 Å². The first-order valence-corrected chi connectivity index (χ1v) is 7.22. The van der Waals surface area contributed by atoms with Crippen LogP contribution in [0.15, 0.2) is 40.9 Å². The van der Waals surface area contributed by atoms with Crippen LogP contribution >= 0.6 is 39.1 Å². The monoisotopic (exact) mass is 362 g/mol. The molecule has 0 heterocycles. The molecule has 0 fully saturated rings. The number of ether oxygens (including phenoxy) is 1. The summed E-state index contributed by atoms with van der Waals surface area (Å²) in [4.78, 5) is 0. The van der Waals surface area contributed by atoms with E-state index in [0.717, 1.165) is 0 Å². The van der Waals surface area contributed by atoms with Crippen molar-refractivity contribution in [2.75, 3.05) is 0 Å². The Balaban J connectivity index is 2.17. The van der Waals surface area contributed by atoms with Crippen LogP contribution in [-0.2, 0) is 12.5 Å². The van der Waals surface area contributed by atoms with E-state index in [1.54, 1.807) is 30.3 Å². The van der Waals surface area contributed by atoms with Gasteiger partial charge in [0, 0.05) is 20.6 Å². The molecule has 0 aromatic heterocycles. The minimum Gasteiger partial charge on any atom is -0.488 e. The van der Waals surface area contributed by atoms with Gasteiger partial charge in [-0.15, -0.1) is 11.6 Å². The molecular formula is C14H10BrCl2FO. The largest absolute Gasteiger partial charge is 0.488 e. The van der Waals surface area contributed by atoms with Gasteiger partial charge in [-0.3, -0.25) is 0 Å². The number of hydrogen-bond donors (Lipinski definition) is 0. The third kappa shape index (κ3) is 3.62. The molecule has 0 unspecified atom stereocenters. The summed E-state index contributed by atoms with van der Waals surface area (Å²) in [6.45, 7) is 0.128. The summed E-state index contributed by atoms with van der Waals surface area (Å²) in [6, 6.07) is 10.1. The molecule has 0 N–H and O–H groups in total. The van der Waals surface area contributed by atoms with Crippen LogP contribution in [0.4, 0.5) is 4.39 Å². The van der Waals surface area contributed by atoms with Gasteiger partial charge in [-0.25, -0.2) is 4.39 Å². The average Bonchev–Trinajstić information content (AvgIpc) is 2.38. The number of alkyl halides is 1. The van der Waals surface area contributed by atoms with E-state index in [1.807, 2.05) is 0 Å². The molecule has 0 bridgehead atoms. The molecule has 0 aliphatic carbocycles. The topological polar surface area (TPSA) is 9.23 Å². The standard InChI is InChI=1S/C14H10BrCl2FO/c15-10-5-4-9(13(18)6-10)8-19-14-3-1-2-12(17)11(14)7-16/h1-6H,7-8H2. The first kappa shape index (κ1) is 14.6. The second kappa shape index (κ2) is 6.60. The Labute approximate surface area is 129 Å². The van der Waals surface area contributed by atoms with Crippen LogP contribution in [0.2, 0.25) is 5.02 Å². The van der Waals surface area contributed by atoms with Crippen molar-refractivity contribution < 1.29 is 9.13 Å². The van der Waals surface area contributed by atoms with Crippen molar-refractivity contribution in [3.8, 4) is 5.75 Å². The summed E-state index contributed by atoms with van der Waals surface area (Å²) in [7, 11) is 0. The number of rotatable bonds is 4. The van der Waals surface area contributed by atoms with Gasteiger partial charge >= 0.3 is 0 Å². The Morgan fingerprint density at radius 2 is 2.00 bits per heavy atom. The fourth-order valence-corrected chi connectivity index (χ4v) is 2.51. The normalized spacial score (nSPS) is 10.5. The van der Waals surface area contributed by atoms with Crippen LogP contribution < -0.4 is 4.74 Å². The zero-order valence-electron chi connectivity index (χ0n) is 9.80. The zero-order chi connectivity index (χ0) is 13.8. The van der Waals surface area contributed by atoms with E-state index in [2.05, 4.69) is 15.9 Å². The van der Waals surface area contributed by atoms with E-state index in [9.17, 15) is 4.39 Å². The Bertz CT molecular complexity index is 590. The summed E-state index contributed by atoms with van der Waals surface area (Å²) in [5, 5.41) is 0.545. The van der Waals surface area contributed by atoms with E-state index in [-0.39, 0.29) is 18.3 Å². The highest BCUT2D eigenvalue weighted by Gasteiger charge is 2.09. The van der Waals surface area contributed by atoms with Crippen molar-refractivity contribution in [1.29, 1.82) is 0 Å². The van der Waals surface area contributed by atoms with Crippen LogP contribution in [0, 0.1) is 5.82 Å². The first-order chi connectivity index (χ1) is 9.11. The fourth-order valence-electron chi connectivity index (χ4n) is 1.60. The zero-order valence-corrected chi connectivity index (χ0v) is 12.9. The van der Waals surface area contributed by atoms with E-state index < -0.39 is 0 Å². The van der Waals surface area contributed by atoms with E-state index in [0.29, 0.717) is 26.4 Å². The fraction of sp³-hybridized carbons (Fsp3) is 0.143. The minimum absolute atomic E-state index is 0.128. The smallest absolute Gasteiger partial charge is 0.130 e. The molecule has 19 heavy (non-hydrogen) atoms. The Kier molecular flexibility index (Phi) is 5.08. The highest BCUT2D eigenvalue weighted by Crippen LogP contribution is 2.29. The number of benzene rings is 2. The van der Waals surface area contributed by atoms with Crippen molar-refractivity contribution in [3.63, 3.8) is 0 Å². The summed E-state index contributed by atoms with van der Waals surface area (Å²) in [5.74, 6) is 0.506. The quantitative estimate of drug-likeness (QED) is 0.646. The molecule has 0 saturated heterocycles. The van der Waals surface area contributed by atoms with Gasteiger partial charge in [0.1, 0.15) is 18.2 Å². The molecule has 0 atom stereocenters. The molecule has 0 aliphatic heterocycles. The lowest BCUT2D eigenvalue weighted by atomic mass is 10.2. The maximum Gasteiger partial charge on any atom is 0.130 e. The third-order valence-corrected chi connectivity index (χ3v) is 3.72. The second-order valence-corrected chi connectivity index (χ2v) is 5.46. The van der Waals surface area contributed by atoms with Crippen LogP contribution in [0.25, 0.3) is 0 Å². The number of hydrogen-bond acceptors (Lipinski definition) is 1. The molecule has 5 heteroatoms. The van der Waals surface area contributed by atoms with Gasteiger partial charge in [-0.2, -0.15) is 0 Å². The van der Waals surface area contributed by atoms with E-state index in [4.69, 9.17) is 27.9 Å². The molecule has 0 radical (unpaired) electrons. The molecule has 100 valence electrons. The maximum absolute atomic E-state index is 13.7. The van der Waals surface area contributed by atoms with Gasteiger partial charge in [0.25, 0.3) is 0 Å². The maximum atomic E-state index is 13.7. The van der Waals surface area contributed by atoms with Gasteiger partial charge in [-0.05, 0) is 24.3 Å². The van der Waals surface area contributed by atoms with Crippen LogP contribution in [0.3, 0.4) is 0 Å². The van der Waals surface area contributed by atoms with Crippen molar-refractivity contribution >= 4 is 39.1 Å². The van der Waals surface area contributed by atoms with Crippen molar-refractivity contribution in [2.24, 2.45) is 0 Å². The number of halogens is 4. The second-order valence-electron chi connectivity index (χ2n) is 3.87. The molecule has 0 spiro atoms. The third-order valence-electron chi connectivity index (χ3n) is 2.61. The van der Waals surface area contributed by atoms with Gasteiger partial charge in [0.2, 0.25) is 0 Å². The predicted octanol–water partition coefficient (Wildman–Crippen LogP) is 5.56. The Hall–Kier alpha value is -0.770. The van der Waals surface area contributed by atoms with Crippen LogP contribution in [0.1, 0.15) is 11.1 Å². The molecule has 2 rings (SSSR count). The van der Waals surface area contributed by atoms with E-state index >= 15 is 0 Å². The lowest BCUT2D eigenvalue weighted by molar-refractivity contribution is 0.297. The van der Waals surface area contributed by atoms with Crippen molar-refractivity contribution in [2.45, 2.75) is 12.5 Å². The lowest BCUT2D eigenvalue weighted by Crippen LogP contribution is -2.00.